The number of rotatable bonds is 4. The molecule has 0 bridgehead atoms. The summed E-state index contributed by atoms with van der Waals surface area (Å²) >= 11 is 5.90. The predicted octanol–water partition coefficient (Wildman–Crippen LogP) is 6.59. The lowest BCUT2D eigenvalue weighted by atomic mass is 9.99. The number of para-hydroxylation sites is 1. The van der Waals surface area contributed by atoms with Crippen LogP contribution in [-0.2, 0) is 12.6 Å². The Balaban J connectivity index is 1.74. The first-order valence-corrected chi connectivity index (χ1v) is 9.40. The Morgan fingerprint density at radius 2 is 1.77 bits per heavy atom. The van der Waals surface area contributed by atoms with E-state index < -0.39 is 17.7 Å². The van der Waals surface area contributed by atoms with Crippen molar-refractivity contribution in [3.05, 3.63) is 100 Å². The zero-order valence-corrected chi connectivity index (χ0v) is 16.2. The molecule has 7 heteroatoms. The third kappa shape index (κ3) is 3.78. The summed E-state index contributed by atoms with van der Waals surface area (Å²) in [6.45, 7) is 0. The van der Waals surface area contributed by atoms with Gasteiger partial charge in [-0.05, 0) is 60.0 Å². The minimum Gasteiger partial charge on any atom is -0.478 e. The van der Waals surface area contributed by atoms with Gasteiger partial charge in [-0.3, -0.25) is 0 Å². The summed E-state index contributed by atoms with van der Waals surface area (Å²) in [6, 6.07) is 17.3. The molecule has 3 aromatic carbocycles. The van der Waals surface area contributed by atoms with E-state index in [1.54, 1.807) is 42.6 Å². The molecule has 0 radical (unpaired) electrons. The maximum atomic E-state index is 13.4. The van der Waals surface area contributed by atoms with Gasteiger partial charge in [0.1, 0.15) is 0 Å². The highest BCUT2D eigenvalue weighted by atomic mass is 35.5. The first-order valence-electron chi connectivity index (χ1n) is 9.02. The zero-order valence-electron chi connectivity index (χ0n) is 15.4. The van der Waals surface area contributed by atoms with Gasteiger partial charge in [0.05, 0.1) is 22.3 Å². The lowest BCUT2D eigenvalue weighted by molar-refractivity contribution is -0.137. The Bertz CT molecular complexity index is 1260. The van der Waals surface area contributed by atoms with Crippen molar-refractivity contribution in [2.24, 2.45) is 0 Å². The number of hydrogen-bond acceptors (Lipinski definition) is 1. The van der Waals surface area contributed by atoms with Crippen molar-refractivity contribution in [2.45, 2.75) is 12.6 Å². The van der Waals surface area contributed by atoms with E-state index in [0.29, 0.717) is 22.5 Å². The van der Waals surface area contributed by atoms with Crippen molar-refractivity contribution < 1.29 is 23.1 Å². The molecule has 0 aliphatic carbocycles. The van der Waals surface area contributed by atoms with Crippen molar-refractivity contribution in [1.29, 1.82) is 0 Å². The minimum absolute atomic E-state index is 0.0543. The second-order valence-corrected chi connectivity index (χ2v) is 7.31. The molecule has 30 heavy (non-hydrogen) atoms. The van der Waals surface area contributed by atoms with Crippen molar-refractivity contribution in [2.75, 3.05) is 0 Å². The maximum Gasteiger partial charge on any atom is 0.418 e. The van der Waals surface area contributed by atoms with Crippen LogP contribution in [0.1, 0.15) is 27.0 Å². The predicted molar refractivity (Wildman–Crippen MR) is 109 cm³/mol. The molecule has 0 fully saturated rings. The Labute approximate surface area is 174 Å². The van der Waals surface area contributed by atoms with Crippen molar-refractivity contribution in [1.82, 2.24) is 4.57 Å². The third-order valence-corrected chi connectivity index (χ3v) is 5.16. The van der Waals surface area contributed by atoms with Crippen LogP contribution in [0.2, 0.25) is 5.02 Å². The number of nitrogens with zero attached hydrogens (tertiary/aromatic N) is 1. The van der Waals surface area contributed by atoms with Crippen LogP contribution in [0.3, 0.4) is 0 Å². The van der Waals surface area contributed by atoms with Crippen LogP contribution in [0.4, 0.5) is 13.2 Å². The first kappa shape index (κ1) is 20.0. The van der Waals surface area contributed by atoms with Crippen LogP contribution in [0.15, 0.2) is 72.9 Å². The minimum atomic E-state index is -4.46. The number of hydrogen-bond donors (Lipinski definition) is 1. The van der Waals surface area contributed by atoms with E-state index in [1.807, 2.05) is 6.07 Å². The molecular weight excluding hydrogens is 415 g/mol. The highest BCUT2D eigenvalue weighted by molar-refractivity contribution is 6.31. The number of carbonyl (C=O) groups is 1. The lowest BCUT2D eigenvalue weighted by Gasteiger charge is -2.14. The highest BCUT2D eigenvalue weighted by Crippen LogP contribution is 2.35. The third-order valence-electron chi connectivity index (χ3n) is 4.92. The van der Waals surface area contributed by atoms with Gasteiger partial charge in [-0.25, -0.2) is 4.79 Å². The molecular formula is C23H15ClF3NO2. The number of fused-ring (bicyclic) bond motifs is 1. The number of carboxylic acids is 1. The molecule has 1 heterocycles. The average molecular weight is 430 g/mol. The van der Waals surface area contributed by atoms with Gasteiger partial charge in [0, 0.05) is 16.6 Å². The number of benzene rings is 3. The molecule has 1 N–H and O–H groups in total. The van der Waals surface area contributed by atoms with Crippen LogP contribution in [0, 0.1) is 0 Å². The quantitative estimate of drug-likeness (QED) is 0.397. The molecule has 0 saturated heterocycles. The van der Waals surface area contributed by atoms with Gasteiger partial charge in [0.25, 0.3) is 0 Å². The van der Waals surface area contributed by atoms with Gasteiger partial charge in [-0.2, -0.15) is 13.2 Å². The monoisotopic (exact) mass is 429 g/mol. The highest BCUT2D eigenvalue weighted by Gasteiger charge is 2.33. The van der Waals surface area contributed by atoms with Gasteiger partial charge in [0.15, 0.2) is 0 Å². The molecule has 4 aromatic rings. The largest absolute Gasteiger partial charge is 0.478 e. The number of carboxylic acid groups (broad SMARTS) is 1. The topological polar surface area (TPSA) is 42.2 Å². The molecule has 152 valence electrons. The van der Waals surface area contributed by atoms with Crippen LogP contribution >= 0.6 is 11.6 Å². The smallest absolute Gasteiger partial charge is 0.418 e. The number of aromatic nitrogens is 1. The molecule has 0 atom stereocenters. The number of halogens is 4. The molecule has 0 unspecified atom stereocenters. The zero-order chi connectivity index (χ0) is 21.5. The van der Waals surface area contributed by atoms with E-state index in [0.717, 1.165) is 17.0 Å². The molecule has 0 spiro atoms. The van der Waals surface area contributed by atoms with Crippen molar-refractivity contribution in [3.63, 3.8) is 0 Å². The molecule has 4 rings (SSSR count). The summed E-state index contributed by atoms with van der Waals surface area (Å²) in [5.41, 5.74) is 1.55. The van der Waals surface area contributed by atoms with Crippen molar-refractivity contribution in [3.8, 4) is 5.69 Å². The van der Waals surface area contributed by atoms with E-state index >= 15 is 0 Å². The summed E-state index contributed by atoms with van der Waals surface area (Å²) in [7, 11) is 0. The molecule has 0 aliphatic heterocycles. The summed E-state index contributed by atoms with van der Waals surface area (Å²) in [5.74, 6) is -1.07. The number of alkyl halides is 3. The summed E-state index contributed by atoms with van der Waals surface area (Å²) in [4.78, 5) is 11.5. The fourth-order valence-corrected chi connectivity index (χ4v) is 3.73. The Kier molecular flexibility index (Phi) is 5.03. The summed E-state index contributed by atoms with van der Waals surface area (Å²) in [5, 5.41) is 10.5. The van der Waals surface area contributed by atoms with Gasteiger partial charge in [0.2, 0.25) is 0 Å². The fourth-order valence-electron chi connectivity index (χ4n) is 3.56. The van der Waals surface area contributed by atoms with E-state index in [1.165, 1.54) is 22.8 Å². The Morgan fingerprint density at radius 1 is 1.00 bits per heavy atom. The van der Waals surface area contributed by atoms with E-state index in [2.05, 4.69) is 0 Å². The van der Waals surface area contributed by atoms with Crippen LogP contribution in [0.25, 0.3) is 16.6 Å². The van der Waals surface area contributed by atoms with Gasteiger partial charge in [-0.15, -0.1) is 0 Å². The molecule has 3 nitrogen and oxygen atoms in total. The second kappa shape index (κ2) is 7.54. The molecule has 0 amide bonds. The molecule has 0 saturated carbocycles. The van der Waals surface area contributed by atoms with Crippen LogP contribution in [0.5, 0.6) is 0 Å². The molecule has 0 aliphatic rings. The normalized spacial score (nSPS) is 11.7. The summed E-state index contributed by atoms with van der Waals surface area (Å²) < 4.78 is 41.7. The number of aromatic carboxylic acids is 1. The van der Waals surface area contributed by atoms with E-state index in [-0.39, 0.29) is 11.3 Å². The fraction of sp³-hybridized carbons (Fsp3) is 0.0870. The Morgan fingerprint density at radius 3 is 2.50 bits per heavy atom. The van der Waals surface area contributed by atoms with Gasteiger partial charge in [-0.1, -0.05) is 35.9 Å². The van der Waals surface area contributed by atoms with Gasteiger partial charge >= 0.3 is 12.1 Å². The molecule has 1 aromatic heterocycles. The van der Waals surface area contributed by atoms with Crippen LogP contribution < -0.4 is 0 Å². The van der Waals surface area contributed by atoms with E-state index in [9.17, 15) is 23.1 Å². The average Bonchev–Trinajstić information content (AvgIpc) is 3.11. The SMILES string of the molecule is O=C(O)c1cc(Cl)ccc1Cc1ccc2c(ccn2-c2ccccc2C(F)(F)F)c1. The lowest BCUT2D eigenvalue weighted by Crippen LogP contribution is -2.10. The standard InChI is InChI=1S/C23H15ClF3NO2/c24-17-7-6-15(18(13-17)22(29)30)11-14-5-8-20-16(12-14)9-10-28(20)21-4-2-1-3-19(21)23(25,26)27/h1-10,12-13H,11H2,(H,29,30). The van der Waals surface area contributed by atoms with Crippen LogP contribution in [-0.4, -0.2) is 15.6 Å². The van der Waals surface area contributed by atoms with Crippen molar-refractivity contribution >= 4 is 28.5 Å². The Hall–Kier alpha value is -3.25. The maximum absolute atomic E-state index is 13.4. The second-order valence-electron chi connectivity index (χ2n) is 6.88. The van der Waals surface area contributed by atoms with Gasteiger partial charge < -0.3 is 9.67 Å². The summed E-state index contributed by atoms with van der Waals surface area (Å²) in [6.07, 6.45) is -2.50. The van der Waals surface area contributed by atoms with E-state index in [4.69, 9.17) is 11.6 Å². The first-order chi connectivity index (χ1) is 14.2.